The number of carboxylic acid groups (broad SMARTS) is 1. The number of hydrogen-bond donors (Lipinski definition) is 2. The summed E-state index contributed by atoms with van der Waals surface area (Å²) in [5.41, 5.74) is 0.890. The third-order valence-corrected chi connectivity index (χ3v) is 3.58. The zero-order valence-corrected chi connectivity index (χ0v) is 10.7. The van der Waals surface area contributed by atoms with Crippen LogP contribution in [0, 0.1) is 0 Å². The molecule has 108 valence electrons. The van der Waals surface area contributed by atoms with Crippen LogP contribution in [0.5, 0.6) is 0 Å². The summed E-state index contributed by atoms with van der Waals surface area (Å²) >= 11 is 0. The maximum Gasteiger partial charge on any atom is 0.335 e. The molecule has 5 unspecified atom stereocenters. The first-order valence-corrected chi connectivity index (χ1v) is 6.53. The summed E-state index contributed by atoms with van der Waals surface area (Å²) in [5.74, 6) is -1.17. The van der Waals surface area contributed by atoms with Gasteiger partial charge in [-0.3, -0.25) is 0 Å². The number of carbonyl (C=O) groups is 1. The van der Waals surface area contributed by atoms with E-state index in [1.165, 1.54) is 0 Å². The van der Waals surface area contributed by atoms with Crippen molar-refractivity contribution < 1.29 is 29.2 Å². The SMILES string of the molecule is O=C(O)C1OC2COC(c3ccccc3)OC2CC1O. The van der Waals surface area contributed by atoms with E-state index in [2.05, 4.69) is 0 Å². The molecule has 1 aromatic rings. The summed E-state index contributed by atoms with van der Waals surface area (Å²) in [6.45, 7) is 0.251. The number of aliphatic carboxylic acids is 1. The highest BCUT2D eigenvalue weighted by molar-refractivity contribution is 5.73. The fraction of sp³-hybridized carbons (Fsp3) is 0.500. The number of aliphatic hydroxyl groups excluding tert-OH is 1. The van der Waals surface area contributed by atoms with Gasteiger partial charge in [-0.25, -0.2) is 4.79 Å². The Morgan fingerprint density at radius 1 is 1.15 bits per heavy atom. The molecule has 2 heterocycles. The summed E-state index contributed by atoms with van der Waals surface area (Å²) in [5, 5.41) is 18.8. The molecule has 1 aromatic carbocycles. The maximum atomic E-state index is 11.0. The van der Waals surface area contributed by atoms with Gasteiger partial charge in [0.1, 0.15) is 6.10 Å². The summed E-state index contributed by atoms with van der Waals surface area (Å²) in [6, 6.07) is 9.47. The molecule has 6 nitrogen and oxygen atoms in total. The quantitative estimate of drug-likeness (QED) is 0.829. The number of aliphatic hydroxyl groups is 1. The number of benzene rings is 1. The van der Waals surface area contributed by atoms with Crippen molar-refractivity contribution in [1.82, 2.24) is 0 Å². The maximum absolute atomic E-state index is 11.0. The van der Waals surface area contributed by atoms with Crippen LogP contribution < -0.4 is 0 Å². The van der Waals surface area contributed by atoms with Crippen LogP contribution in [0.25, 0.3) is 0 Å². The van der Waals surface area contributed by atoms with Crippen LogP contribution >= 0.6 is 0 Å². The minimum atomic E-state index is -1.21. The average Bonchev–Trinajstić information content (AvgIpc) is 2.46. The number of hydrogen-bond acceptors (Lipinski definition) is 5. The van der Waals surface area contributed by atoms with Crippen LogP contribution in [-0.4, -0.2) is 47.2 Å². The van der Waals surface area contributed by atoms with E-state index in [0.29, 0.717) is 0 Å². The van der Waals surface area contributed by atoms with Crippen LogP contribution in [0.15, 0.2) is 30.3 Å². The molecule has 2 N–H and O–H groups in total. The van der Waals surface area contributed by atoms with Crippen LogP contribution in [0.1, 0.15) is 18.3 Å². The van der Waals surface area contributed by atoms with Gasteiger partial charge in [-0.2, -0.15) is 0 Å². The summed E-state index contributed by atoms with van der Waals surface area (Å²) < 4.78 is 16.7. The van der Waals surface area contributed by atoms with Gasteiger partial charge in [0.15, 0.2) is 12.4 Å². The van der Waals surface area contributed by atoms with Crippen molar-refractivity contribution in [3.8, 4) is 0 Å². The minimum Gasteiger partial charge on any atom is -0.479 e. The Morgan fingerprint density at radius 3 is 2.60 bits per heavy atom. The number of fused-ring (bicyclic) bond motifs is 1. The highest BCUT2D eigenvalue weighted by Crippen LogP contribution is 2.33. The van der Waals surface area contributed by atoms with Crippen LogP contribution in [-0.2, 0) is 19.0 Å². The van der Waals surface area contributed by atoms with Gasteiger partial charge in [0.2, 0.25) is 0 Å². The zero-order valence-electron chi connectivity index (χ0n) is 10.7. The lowest BCUT2D eigenvalue weighted by molar-refractivity contribution is -0.300. The van der Waals surface area contributed by atoms with E-state index in [4.69, 9.17) is 19.3 Å². The fourth-order valence-corrected chi connectivity index (χ4v) is 2.56. The van der Waals surface area contributed by atoms with Gasteiger partial charge < -0.3 is 24.4 Å². The van der Waals surface area contributed by atoms with Crippen molar-refractivity contribution in [2.45, 2.75) is 37.1 Å². The Kier molecular flexibility index (Phi) is 3.71. The second-order valence-electron chi connectivity index (χ2n) is 4.99. The van der Waals surface area contributed by atoms with Crippen molar-refractivity contribution in [3.05, 3.63) is 35.9 Å². The van der Waals surface area contributed by atoms with Crippen molar-refractivity contribution in [2.75, 3.05) is 6.61 Å². The number of ether oxygens (including phenoxy) is 3. The lowest BCUT2D eigenvalue weighted by Crippen LogP contribution is -2.55. The van der Waals surface area contributed by atoms with Crippen LogP contribution in [0.2, 0.25) is 0 Å². The van der Waals surface area contributed by atoms with E-state index in [-0.39, 0.29) is 19.1 Å². The molecule has 2 aliphatic rings. The number of carboxylic acids is 1. The monoisotopic (exact) mass is 280 g/mol. The molecule has 6 heteroatoms. The molecule has 0 amide bonds. The Bertz CT molecular complexity index is 476. The second-order valence-corrected chi connectivity index (χ2v) is 4.99. The predicted octanol–water partition coefficient (Wildman–Crippen LogP) is 0.704. The van der Waals surface area contributed by atoms with E-state index >= 15 is 0 Å². The second kappa shape index (κ2) is 5.49. The molecule has 0 bridgehead atoms. The molecule has 0 spiro atoms. The normalized spacial score (nSPS) is 37.1. The molecule has 2 saturated heterocycles. The Balaban J connectivity index is 1.69. The largest absolute Gasteiger partial charge is 0.479 e. The third-order valence-electron chi connectivity index (χ3n) is 3.58. The smallest absolute Gasteiger partial charge is 0.335 e. The standard InChI is InChI=1S/C14H16O6/c15-9-6-10-11(19-12(9)13(16)17)7-18-14(20-10)8-4-2-1-3-5-8/h1-5,9-12,14-15H,6-7H2,(H,16,17). The van der Waals surface area contributed by atoms with Gasteiger partial charge in [-0.1, -0.05) is 30.3 Å². The van der Waals surface area contributed by atoms with Gasteiger partial charge in [-0.05, 0) is 0 Å². The molecular formula is C14H16O6. The Morgan fingerprint density at radius 2 is 1.90 bits per heavy atom. The molecule has 20 heavy (non-hydrogen) atoms. The first kappa shape index (κ1) is 13.5. The van der Waals surface area contributed by atoms with Crippen molar-refractivity contribution >= 4 is 5.97 Å². The van der Waals surface area contributed by atoms with Crippen molar-refractivity contribution in [1.29, 1.82) is 0 Å². The Labute approximate surface area is 115 Å². The predicted molar refractivity (Wildman–Crippen MR) is 66.9 cm³/mol. The van der Waals surface area contributed by atoms with E-state index in [9.17, 15) is 9.90 Å². The van der Waals surface area contributed by atoms with Crippen LogP contribution in [0.3, 0.4) is 0 Å². The van der Waals surface area contributed by atoms with Gasteiger partial charge in [0.05, 0.1) is 18.8 Å². The molecule has 2 aliphatic heterocycles. The first-order valence-electron chi connectivity index (χ1n) is 6.53. The van der Waals surface area contributed by atoms with Crippen LogP contribution in [0.4, 0.5) is 0 Å². The average molecular weight is 280 g/mol. The highest BCUT2D eigenvalue weighted by atomic mass is 16.7. The van der Waals surface area contributed by atoms with E-state index in [1.807, 2.05) is 30.3 Å². The number of rotatable bonds is 2. The summed E-state index contributed by atoms with van der Waals surface area (Å²) in [4.78, 5) is 11.0. The summed E-state index contributed by atoms with van der Waals surface area (Å²) in [6.07, 6.45) is -3.37. The molecule has 0 aromatic heterocycles. The molecule has 0 aliphatic carbocycles. The minimum absolute atomic E-state index is 0.230. The molecule has 2 fully saturated rings. The molecular weight excluding hydrogens is 264 g/mol. The molecule has 5 atom stereocenters. The van der Waals surface area contributed by atoms with Crippen molar-refractivity contribution in [3.63, 3.8) is 0 Å². The molecule has 0 saturated carbocycles. The van der Waals surface area contributed by atoms with Gasteiger partial charge in [-0.15, -0.1) is 0 Å². The Hall–Kier alpha value is -1.47. The third kappa shape index (κ3) is 2.55. The van der Waals surface area contributed by atoms with Gasteiger partial charge >= 0.3 is 5.97 Å². The lowest BCUT2D eigenvalue weighted by Gasteiger charge is -2.42. The molecule has 3 rings (SSSR count). The van der Waals surface area contributed by atoms with Gasteiger partial charge in [0, 0.05) is 12.0 Å². The first-order chi connectivity index (χ1) is 9.65. The molecule has 0 radical (unpaired) electrons. The topological polar surface area (TPSA) is 85.2 Å². The zero-order chi connectivity index (χ0) is 14.1. The lowest BCUT2D eigenvalue weighted by atomic mass is 9.97. The summed E-state index contributed by atoms with van der Waals surface area (Å²) in [7, 11) is 0. The van der Waals surface area contributed by atoms with E-state index in [0.717, 1.165) is 5.56 Å². The van der Waals surface area contributed by atoms with Gasteiger partial charge in [0.25, 0.3) is 0 Å². The highest BCUT2D eigenvalue weighted by Gasteiger charge is 2.45. The van der Waals surface area contributed by atoms with E-state index in [1.54, 1.807) is 0 Å². The van der Waals surface area contributed by atoms with E-state index < -0.39 is 30.6 Å². The van der Waals surface area contributed by atoms with Crippen molar-refractivity contribution in [2.24, 2.45) is 0 Å². The fourth-order valence-electron chi connectivity index (χ4n) is 2.56.